The molecule has 1 fully saturated rings. The average Bonchev–Trinajstić information content (AvgIpc) is 2.84. The fourth-order valence-electron chi connectivity index (χ4n) is 3.47. The van der Waals surface area contributed by atoms with E-state index in [9.17, 15) is 4.79 Å². The van der Waals surface area contributed by atoms with Crippen LogP contribution in [0.1, 0.15) is 31.2 Å². The fourth-order valence-corrected chi connectivity index (χ4v) is 3.47. The molecule has 0 bridgehead atoms. The predicted octanol–water partition coefficient (Wildman–Crippen LogP) is 2.51. The van der Waals surface area contributed by atoms with Gasteiger partial charge in [0.25, 0.3) is 0 Å². The third-order valence-electron chi connectivity index (χ3n) is 4.94. The van der Waals surface area contributed by atoms with E-state index in [0.29, 0.717) is 6.04 Å². The third kappa shape index (κ3) is 7.99. The molecule has 5 heteroatoms. The van der Waals surface area contributed by atoms with Crippen LogP contribution in [-0.2, 0) is 16.0 Å². The molecule has 0 aliphatic carbocycles. The second-order valence-corrected chi connectivity index (χ2v) is 6.94. The molecule has 25 heavy (non-hydrogen) atoms. The lowest BCUT2D eigenvalue weighted by molar-refractivity contribution is -0.138. The Morgan fingerprint density at radius 1 is 1.24 bits per heavy atom. The molecule has 0 radical (unpaired) electrons. The van der Waals surface area contributed by atoms with Gasteiger partial charge in [-0.1, -0.05) is 30.3 Å². The summed E-state index contributed by atoms with van der Waals surface area (Å²) >= 11 is 0. The maximum absolute atomic E-state index is 10.9. The van der Waals surface area contributed by atoms with Crippen LogP contribution in [0.15, 0.2) is 30.3 Å². The van der Waals surface area contributed by atoms with E-state index in [1.807, 2.05) is 18.0 Å². The Morgan fingerprint density at radius 2 is 2.04 bits per heavy atom. The van der Waals surface area contributed by atoms with Gasteiger partial charge >= 0.3 is 5.97 Å². The van der Waals surface area contributed by atoms with Gasteiger partial charge in [0.1, 0.15) is 0 Å². The highest BCUT2D eigenvalue weighted by Gasteiger charge is 2.21. The van der Waals surface area contributed by atoms with Crippen molar-refractivity contribution in [2.45, 2.75) is 38.1 Å². The number of carboxylic acids is 1. The predicted molar refractivity (Wildman–Crippen MR) is 99.9 cm³/mol. The molecule has 2 rings (SSSR count). The summed E-state index contributed by atoms with van der Waals surface area (Å²) in [5.41, 5.74) is 1.33. The Labute approximate surface area is 151 Å². The van der Waals surface area contributed by atoms with Gasteiger partial charge in [-0.15, -0.1) is 0 Å². The van der Waals surface area contributed by atoms with Gasteiger partial charge in [-0.25, -0.2) is 0 Å². The van der Waals surface area contributed by atoms with Crippen LogP contribution in [0, 0.1) is 0 Å². The normalized spacial score (nSPS) is 19.0. The molecule has 1 unspecified atom stereocenters. The van der Waals surface area contributed by atoms with E-state index in [-0.39, 0.29) is 6.54 Å². The van der Waals surface area contributed by atoms with Crippen molar-refractivity contribution in [3.05, 3.63) is 35.9 Å². The van der Waals surface area contributed by atoms with Gasteiger partial charge in [-0.05, 0) is 57.8 Å². The minimum atomic E-state index is -0.740. The van der Waals surface area contributed by atoms with Gasteiger partial charge in [0, 0.05) is 19.2 Å². The van der Waals surface area contributed by atoms with E-state index in [1.165, 1.54) is 5.56 Å². The first-order valence-electron chi connectivity index (χ1n) is 9.41. The molecular weight excluding hydrogens is 316 g/mol. The highest BCUT2D eigenvalue weighted by atomic mass is 16.5. The molecule has 140 valence electrons. The molecule has 1 aromatic rings. The van der Waals surface area contributed by atoms with E-state index in [1.54, 1.807) is 0 Å². The first kappa shape index (κ1) is 19.9. The number of hydrogen-bond donors (Lipinski definition) is 1. The lowest BCUT2D eigenvalue weighted by Crippen LogP contribution is -2.36. The van der Waals surface area contributed by atoms with E-state index < -0.39 is 5.97 Å². The number of hydrogen-bond acceptors (Lipinski definition) is 4. The van der Waals surface area contributed by atoms with Crippen molar-refractivity contribution in [3.63, 3.8) is 0 Å². The van der Waals surface area contributed by atoms with Gasteiger partial charge in [-0.3, -0.25) is 9.69 Å². The molecule has 5 nitrogen and oxygen atoms in total. The summed E-state index contributed by atoms with van der Waals surface area (Å²) in [5, 5.41) is 8.93. The van der Waals surface area contributed by atoms with Gasteiger partial charge < -0.3 is 14.7 Å². The van der Waals surface area contributed by atoms with Crippen LogP contribution in [0.2, 0.25) is 0 Å². The highest BCUT2D eigenvalue weighted by Crippen LogP contribution is 2.15. The minimum absolute atomic E-state index is 0.139. The number of carboxylic acid groups (broad SMARTS) is 1. The van der Waals surface area contributed by atoms with Crippen LogP contribution in [0.5, 0.6) is 0 Å². The average molecular weight is 348 g/mol. The van der Waals surface area contributed by atoms with Gasteiger partial charge in [0.05, 0.1) is 13.2 Å². The van der Waals surface area contributed by atoms with E-state index in [2.05, 4.69) is 29.2 Å². The zero-order valence-electron chi connectivity index (χ0n) is 15.4. The molecule has 1 aromatic carbocycles. The number of aliphatic carboxylic acids is 1. The second-order valence-electron chi connectivity index (χ2n) is 6.94. The molecule has 1 saturated heterocycles. The number of ether oxygens (including phenoxy) is 1. The molecule has 1 heterocycles. The van der Waals surface area contributed by atoms with Gasteiger partial charge in [0.2, 0.25) is 0 Å². The number of benzene rings is 1. The summed E-state index contributed by atoms with van der Waals surface area (Å²) in [4.78, 5) is 15.3. The molecule has 0 amide bonds. The van der Waals surface area contributed by atoms with E-state index in [0.717, 1.165) is 65.0 Å². The van der Waals surface area contributed by atoms with Crippen molar-refractivity contribution >= 4 is 5.97 Å². The van der Waals surface area contributed by atoms with Crippen molar-refractivity contribution in [1.29, 1.82) is 0 Å². The molecule has 1 aliphatic rings. The van der Waals surface area contributed by atoms with Crippen molar-refractivity contribution in [2.24, 2.45) is 0 Å². The molecule has 1 aliphatic heterocycles. The van der Waals surface area contributed by atoms with Crippen LogP contribution in [0.4, 0.5) is 0 Å². The maximum Gasteiger partial charge on any atom is 0.317 e. The smallest absolute Gasteiger partial charge is 0.317 e. The Morgan fingerprint density at radius 3 is 2.80 bits per heavy atom. The van der Waals surface area contributed by atoms with Crippen LogP contribution < -0.4 is 0 Å². The summed E-state index contributed by atoms with van der Waals surface area (Å²) in [6, 6.07) is 10.8. The quantitative estimate of drug-likeness (QED) is 0.659. The zero-order valence-corrected chi connectivity index (χ0v) is 15.4. The van der Waals surface area contributed by atoms with Crippen LogP contribution in [-0.4, -0.2) is 73.4 Å². The Kier molecular flexibility index (Phi) is 8.94. The number of likely N-dealkylation sites (tertiary alicyclic amines) is 1. The number of likely N-dealkylation sites (N-methyl/N-ethyl adjacent to an activating group) is 1. The number of nitrogens with zero attached hydrogens (tertiary/aromatic N) is 2. The zero-order chi connectivity index (χ0) is 17.9. The molecule has 1 N–H and O–H groups in total. The lowest BCUT2D eigenvalue weighted by atomic mass is 10.1. The van der Waals surface area contributed by atoms with Gasteiger partial charge in [0.15, 0.2) is 0 Å². The summed E-state index contributed by atoms with van der Waals surface area (Å²) in [5.74, 6) is -0.740. The Bertz CT molecular complexity index is 495. The number of rotatable bonds is 10. The van der Waals surface area contributed by atoms with Crippen molar-refractivity contribution in [1.82, 2.24) is 9.80 Å². The molecule has 0 spiro atoms. The third-order valence-corrected chi connectivity index (χ3v) is 4.94. The van der Waals surface area contributed by atoms with Gasteiger partial charge in [-0.2, -0.15) is 0 Å². The van der Waals surface area contributed by atoms with Crippen LogP contribution >= 0.6 is 0 Å². The van der Waals surface area contributed by atoms with Crippen molar-refractivity contribution < 1.29 is 14.6 Å². The summed E-state index contributed by atoms with van der Waals surface area (Å²) in [6.07, 6.45) is 5.32. The first-order chi connectivity index (χ1) is 12.1. The standard InChI is InChI=1S/C20H32N2O3/c1-21(17-20(23)24)19-9-5-12-22(14-10-19)13-6-15-25-16-11-18-7-3-2-4-8-18/h2-4,7-8,19H,5-6,9-17H2,1H3,(H,23,24). The largest absolute Gasteiger partial charge is 0.480 e. The monoisotopic (exact) mass is 348 g/mol. The molecule has 0 aromatic heterocycles. The van der Waals surface area contributed by atoms with Crippen molar-refractivity contribution in [3.8, 4) is 0 Å². The Hall–Kier alpha value is -1.43. The minimum Gasteiger partial charge on any atom is -0.480 e. The highest BCUT2D eigenvalue weighted by molar-refractivity contribution is 5.69. The number of carbonyl (C=O) groups is 1. The fraction of sp³-hybridized carbons (Fsp3) is 0.650. The SMILES string of the molecule is CN(CC(=O)O)C1CCCN(CCCOCCc2ccccc2)CC1. The summed E-state index contributed by atoms with van der Waals surface area (Å²) < 4.78 is 5.76. The molecule has 0 saturated carbocycles. The lowest BCUT2D eigenvalue weighted by Gasteiger charge is -2.25. The van der Waals surface area contributed by atoms with Crippen LogP contribution in [0.3, 0.4) is 0 Å². The summed E-state index contributed by atoms with van der Waals surface area (Å²) in [6.45, 7) is 4.97. The summed E-state index contributed by atoms with van der Waals surface area (Å²) in [7, 11) is 1.93. The maximum atomic E-state index is 10.9. The van der Waals surface area contributed by atoms with Crippen molar-refractivity contribution in [2.75, 3.05) is 46.4 Å². The Balaban J connectivity index is 1.55. The van der Waals surface area contributed by atoms with E-state index in [4.69, 9.17) is 9.84 Å². The second kappa shape index (κ2) is 11.2. The topological polar surface area (TPSA) is 53.0 Å². The van der Waals surface area contributed by atoms with E-state index >= 15 is 0 Å². The first-order valence-corrected chi connectivity index (χ1v) is 9.41. The molecule has 1 atom stereocenters. The molecular formula is C20H32N2O3. The van der Waals surface area contributed by atoms with Crippen LogP contribution in [0.25, 0.3) is 0 Å².